The largest absolute Gasteiger partial charge is 0.455 e. The van der Waals surface area contributed by atoms with Crippen molar-refractivity contribution in [2.45, 2.75) is 0 Å². The van der Waals surface area contributed by atoms with Gasteiger partial charge in [0.1, 0.15) is 16.7 Å². The summed E-state index contributed by atoms with van der Waals surface area (Å²) in [6.07, 6.45) is 0. The number of nitriles is 1. The maximum Gasteiger partial charge on any atom is 0.159 e. The fourth-order valence-corrected chi connectivity index (χ4v) is 6.49. The second kappa shape index (κ2) is 8.11. The topological polar surface area (TPSA) is 55.0 Å². The molecule has 3 aromatic heterocycles. The molecule has 3 heterocycles. The van der Waals surface area contributed by atoms with Crippen LogP contribution in [-0.2, 0) is 0 Å². The normalized spacial score (nSPS) is 11.9. The minimum absolute atomic E-state index is 0.625. The Balaban J connectivity index is 1.38. The van der Waals surface area contributed by atoms with Gasteiger partial charge in [-0.3, -0.25) is 0 Å². The molecule has 0 radical (unpaired) electrons. The molecule has 0 spiro atoms. The summed E-state index contributed by atoms with van der Waals surface area (Å²) >= 11 is 0. The Labute approximate surface area is 233 Å². The lowest BCUT2D eigenvalue weighted by Crippen LogP contribution is -1.94. The van der Waals surface area contributed by atoms with Crippen molar-refractivity contribution < 1.29 is 8.83 Å². The first-order valence-corrected chi connectivity index (χ1v) is 13.6. The number of para-hydroxylation sites is 4. The molecule has 0 saturated heterocycles. The SMILES string of the molecule is N#Cc1ccc2c3ccccc3n(-c3cccc4c3oc3cccc(-c5cccc6c5oc5ccccc56)c34)c2c1. The van der Waals surface area contributed by atoms with Gasteiger partial charge in [0.15, 0.2) is 5.58 Å². The zero-order valence-corrected chi connectivity index (χ0v) is 21.8. The number of rotatable bonds is 2. The molecule has 190 valence electrons. The minimum Gasteiger partial charge on any atom is -0.455 e. The van der Waals surface area contributed by atoms with E-state index in [9.17, 15) is 5.26 Å². The summed E-state index contributed by atoms with van der Waals surface area (Å²) in [5.41, 5.74) is 9.08. The van der Waals surface area contributed by atoms with E-state index in [1.807, 2.05) is 54.6 Å². The maximum absolute atomic E-state index is 9.68. The van der Waals surface area contributed by atoms with Gasteiger partial charge in [0.25, 0.3) is 0 Å². The molecule has 0 bridgehead atoms. The molecule has 0 amide bonds. The number of benzene rings is 6. The van der Waals surface area contributed by atoms with Gasteiger partial charge in [-0.2, -0.15) is 5.26 Å². The second-order valence-electron chi connectivity index (χ2n) is 10.4. The molecule has 9 aromatic rings. The average molecular weight is 525 g/mol. The highest BCUT2D eigenvalue weighted by Crippen LogP contribution is 2.43. The third-order valence-corrected chi connectivity index (χ3v) is 8.24. The highest BCUT2D eigenvalue weighted by atomic mass is 16.3. The Morgan fingerprint density at radius 2 is 1.20 bits per heavy atom. The van der Waals surface area contributed by atoms with Gasteiger partial charge in [0.2, 0.25) is 0 Å². The molecule has 0 atom stereocenters. The summed E-state index contributed by atoms with van der Waals surface area (Å²) in [5, 5.41) is 16.2. The quantitative estimate of drug-likeness (QED) is 0.226. The molecule has 6 aromatic carbocycles. The van der Waals surface area contributed by atoms with E-state index in [1.54, 1.807) is 0 Å². The number of nitrogens with zero attached hydrogens (tertiary/aromatic N) is 2. The van der Waals surface area contributed by atoms with Crippen molar-refractivity contribution in [1.82, 2.24) is 4.57 Å². The fourth-order valence-electron chi connectivity index (χ4n) is 6.49. The molecule has 4 nitrogen and oxygen atoms in total. The summed E-state index contributed by atoms with van der Waals surface area (Å²) < 4.78 is 15.3. The average Bonchev–Trinajstić information content (AvgIpc) is 3.70. The first kappa shape index (κ1) is 22.1. The van der Waals surface area contributed by atoms with Gasteiger partial charge < -0.3 is 13.4 Å². The van der Waals surface area contributed by atoms with Crippen LogP contribution >= 0.6 is 0 Å². The van der Waals surface area contributed by atoms with Crippen LogP contribution in [0.2, 0.25) is 0 Å². The molecule has 4 heteroatoms. The lowest BCUT2D eigenvalue weighted by Gasteiger charge is -2.09. The van der Waals surface area contributed by atoms with Crippen LogP contribution in [0.25, 0.3) is 82.5 Å². The van der Waals surface area contributed by atoms with E-state index in [0.717, 1.165) is 82.5 Å². The van der Waals surface area contributed by atoms with Crippen LogP contribution in [0.1, 0.15) is 5.56 Å². The predicted octanol–water partition coefficient (Wildman–Crippen LogP) is 10.1. The van der Waals surface area contributed by atoms with Gasteiger partial charge in [-0.05, 0) is 42.0 Å². The number of aromatic nitrogens is 1. The molecule has 0 aliphatic carbocycles. The highest BCUT2D eigenvalue weighted by Gasteiger charge is 2.21. The summed E-state index contributed by atoms with van der Waals surface area (Å²) in [4.78, 5) is 0. The van der Waals surface area contributed by atoms with Crippen molar-refractivity contribution in [3.63, 3.8) is 0 Å². The van der Waals surface area contributed by atoms with Gasteiger partial charge in [-0.1, -0.05) is 84.9 Å². The van der Waals surface area contributed by atoms with E-state index in [2.05, 4.69) is 77.4 Å². The smallest absolute Gasteiger partial charge is 0.159 e. The van der Waals surface area contributed by atoms with Crippen molar-refractivity contribution in [2.75, 3.05) is 0 Å². The summed E-state index contributed by atoms with van der Waals surface area (Å²) in [7, 11) is 0. The van der Waals surface area contributed by atoms with Crippen LogP contribution in [0.15, 0.2) is 130 Å². The third kappa shape index (κ3) is 2.98. The maximum atomic E-state index is 9.68. The van der Waals surface area contributed by atoms with Crippen molar-refractivity contribution in [2.24, 2.45) is 0 Å². The Hall–Kier alpha value is -5.79. The van der Waals surface area contributed by atoms with Crippen LogP contribution in [-0.4, -0.2) is 4.57 Å². The monoisotopic (exact) mass is 524 g/mol. The van der Waals surface area contributed by atoms with Crippen LogP contribution in [0.5, 0.6) is 0 Å². The Kier molecular flexibility index (Phi) is 4.37. The second-order valence-corrected chi connectivity index (χ2v) is 10.4. The molecular formula is C37H20N2O2. The van der Waals surface area contributed by atoms with Crippen LogP contribution in [0.3, 0.4) is 0 Å². The van der Waals surface area contributed by atoms with Crippen molar-refractivity contribution in [3.8, 4) is 22.9 Å². The van der Waals surface area contributed by atoms with E-state index in [4.69, 9.17) is 8.83 Å². The van der Waals surface area contributed by atoms with Crippen LogP contribution in [0, 0.1) is 11.3 Å². The summed E-state index contributed by atoms with van der Waals surface area (Å²) in [6, 6.07) is 43.6. The van der Waals surface area contributed by atoms with E-state index in [0.29, 0.717) is 5.56 Å². The van der Waals surface area contributed by atoms with Crippen molar-refractivity contribution in [3.05, 3.63) is 127 Å². The zero-order valence-electron chi connectivity index (χ0n) is 21.8. The molecule has 0 N–H and O–H groups in total. The number of hydrogen-bond donors (Lipinski definition) is 0. The molecule has 41 heavy (non-hydrogen) atoms. The van der Waals surface area contributed by atoms with Gasteiger partial charge in [-0.25, -0.2) is 0 Å². The number of fused-ring (bicyclic) bond motifs is 9. The molecule has 0 aliphatic heterocycles. The summed E-state index contributed by atoms with van der Waals surface area (Å²) in [5.74, 6) is 0. The standard InChI is InChI=1S/C37H20N2O2/c38-21-22-18-19-24-23-8-1-3-14-30(23)39(32(24)20-22)31-15-6-13-29-35-26(10-7-17-34(35)41-37(29)31)28-12-5-11-27-25-9-2-4-16-33(25)40-36(27)28/h1-20H. The molecular weight excluding hydrogens is 504 g/mol. The van der Waals surface area contributed by atoms with Gasteiger partial charge in [-0.15, -0.1) is 0 Å². The predicted molar refractivity (Wildman–Crippen MR) is 165 cm³/mol. The third-order valence-electron chi connectivity index (χ3n) is 8.24. The first-order chi connectivity index (χ1) is 20.3. The molecule has 0 unspecified atom stereocenters. The Morgan fingerprint density at radius 3 is 2.12 bits per heavy atom. The fraction of sp³-hybridized carbons (Fsp3) is 0. The van der Waals surface area contributed by atoms with Crippen LogP contribution in [0.4, 0.5) is 0 Å². The van der Waals surface area contributed by atoms with Gasteiger partial charge in [0, 0.05) is 37.9 Å². The molecule has 9 rings (SSSR count). The molecule has 0 saturated carbocycles. The van der Waals surface area contributed by atoms with E-state index in [-0.39, 0.29) is 0 Å². The minimum atomic E-state index is 0.625. The zero-order chi connectivity index (χ0) is 27.1. The van der Waals surface area contributed by atoms with Gasteiger partial charge >= 0.3 is 0 Å². The van der Waals surface area contributed by atoms with Gasteiger partial charge in [0.05, 0.1) is 28.4 Å². The Morgan fingerprint density at radius 1 is 0.512 bits per heavy atom. The molecule has 0 aliphatic rings. The first-order valence-electron chi connectivity index (χ1n) is 13.6. The lowest BCUT2D eigenvalue weighted by atomic mass is 9.97. The number of hydrogen-bond acceptors (Lipinski definition) is 3. The molecule has 0 fully saturated rings. The highest BCUT2D eigenvalue weighted by molar-refractivity contribution is 6.19. The van der Waals surface area contributed by atoms with E-state index >= 15 is 0 Å². The van der Waals surface area contributed by atoms with E-state index < -0.39 is 0 Å². The van der Waals surface area contributed by atoms with E-state index in [1.165, 1.54) is 0 Å². The Bertz CT molecular complexity index is 2550. The van der Waals surface area contributed by atoms with Crippen molar-refractivity contribution in [1.29, 1.82) is 5.26 Å². The number of furan rings is 2. The lowest BCUT2D eigenvalue weighted by molar-refractivity contribution is 0.666. The summed E-state index contributed by atoms with van der Waals surface area (Å²) in [6.45, 7) is 0. The van der Waals surface area contributed by atoms with Crippen molar-refractivity contribution >= 4 is 65.7 Å². The van der Waals surface area contributed by atoms with Crippen LogP contribution < -0.4 is 0 Å².